The third-order valence-electron chi connectivity index (χ3n) is 2.98. The lowest BCUT2D eigenvalue weighted by molar-refractivity contribution is 0.894. The largest absolute Gasteiger partial charge is 0.241 e. The van der Waals surface area contributed by atoms with Crippen molar-refractivity contribution in [1.29, 1.82) is 0 Å². The maximum absolute atomic E-state index is 6.06. The summed E-state index contributed by atoms with van der Waals surface area (Å²) >= 11 is 6.06. The van der Waals surface area contributed by atoms with Crippen LogP contribution in [0.2, 0.25) is 0 Å². The lowest BCUT2D eigenvalue weighted by Crippen LogP contribution is -2.02. The van der Waals surface area contributed by atoms with Crippen LogP contribution in [0, 0.1) is 13.8 Å². The molecule has 1 heterocycles. The summed E-state index contributed by atoms with van der Waals surface area (Å²) in [5.41, 5.74) is 4.47. The molecule has 0 aliphatic heterocycles. The van der Waals surface area contributed by atoms with Crippen molar-refractivity contribution in [1.82, 2.24) is 9.97 Å². The van der Waals surface area contributed by atoms with Crippen molar-refractivity contribution in [2.45, 2.75) is 32.6 Å². The fourth-order valence-corrected chi connectivity index (χ4v) is 2.10. The summed E-state index contributed by atoms with van der Waals surface area (Å²) in [5, 5.41) is -0.0431. The zero-order chi connectivity index (χ0) is 13.1. The molecule has 0 N–H and O–H groups in total. The highest BCUT2D eigenvalue weighted by molar-refractivity contribution is 6.20. The minimum Gasteiger partial charge on any atom is -0.241 e. The van der Waals surface area contributed by atoms with E-state index in [9.17, 15) is 0 Å². The van der Waals surface area contributed by atoms with Crippen molar-refractivity contribution in [2.75, 3.05) is 0 Å². The molecule has 1 aromatic carbocycles. The number of halogens is 1. The Morgan fingerprint density at radius 1 is 1.17 bits per heavy atom. The van der Waals surface area contributed by atoms with E-state index in [1.54, 1.807) is 0 Å². The van der Waals surface area contributed by atoms with E-state index >= 15 is 0 Å². The molecule has 0 saturated heterocycles. The van der Waals surface area contributed by atoms with Gasteiger partial charge in [0.15, 0.2) is 0 Å². The Morgan fingerprint density at radius 3 is 2.39 bits per heavy atom. The van der Waals surface area contributed by atoms with Crippen LogP contribution in [-0.2, 0) is 6.42 Å². The van der Waals surface area contributed by atoms with Crippen LogP contribution in [0.1, 0.15) is 40.5 Å². The van der Waals surface area contributed by atoms with Crippen LogP contribution in [0.25, 0.3) is 0 Å². The number of aromatic nitrogens is 2. The van der Waals surface area contributed by atoms with Crippen LogP contribution in [0.4, 0.5) is 0 Å². The topological polar surface area (TPSA) is 25.8 Å². The molecule has 0 spiro atoms. The summed E-state index contributed by atoms with van der Waals surface area (Å²) in [4.78, 5) is 8.90. The highest BCUT2D eigenvalue weighted by atomic mass is 35.5. The van der Waals surface area contributed by atoms with E-state index in [0.29, 0.717) is 0 Å². The third-order valence-corrected chi connectivity index (χ3v) is 3.21. The molecule has 3 heteroatoms. The van der Waals surface area contributed by atoms with Crippen LogP contribution in [0.15, 0.2) is 30.5 Å². The van der Waals surface area contributed by atoms with Crippen molar-refractivity contribution in [3.8, 4) is 0 Å². The minimum atomic E-state index is -0.0431. The monoisotopic (exact) mass is 260 g/mol. The first-order valence-electron chi connectivity index (χ1n) is 6.08. The Kier molecular flexibility index (Phi) is 3.97. The average Bonchev–Trinajstić information content (AvgIpc) is 2.32. The van der Waals surface area contributed by atoms with Crippen LogP contribution in [0.5, 0.6) is 0 Å². The highest BCUT2D eigenvalue weighted by Crippen LogP contribution is 2.21. The Hall–Kier alpha value is -1.41. The molecule has 1 unspecified atom stereocenters. The fourth-order valence-electron chi connectivity index (χ4n) is 1.89. The van der Waals surface area contributed by atoms with E-state index in [1.165, 1.54) is 11.1 Å². The average molecular weight is 261 g/mol. The minimum absolute atomic E-state index is 0.0431. The number of hydrogen-bond donors (Lipinski definition) is 0. The number of benzene rings is 1. The van der Waals surface area contributed by atoms with Crippen LogP contribution < -0.4 is 0 Å². The molecule has 94 valence electrons. The van der Waals surface area contributed by atoms with Gasteiger partial charge in [0, 0.05) is 23.9 Å². The second-order valence-corrected chi connectivity index (χ2v) is 5.26. The van der Waals surface area contributed by atoms with Crippen LogP contribution in [-0.4, -0.2) is 9.97 Å². The molecule has 0 bridgehead atoms. The molecule has 0 amide bonds. The van der Waals surface area contributed by atoms with Crippen molar-refractivity contribution in [2.24, 2.45) is 0 Å². The molecule has 2 aromatic rings. The first-order chi connectivity index (χ1) is 8.56. The fraction of sp³-hybridized carbons (Fsp3) is 0.333. The summed E-state index contributed by atoms with van der Waals surface area (Å²) in [6.07, 6.45) is 2.60. The van der Waals surface area contributed by atoms with Crippen molar-refractivity contribution < 1.29 is 0 Å². The SMILES string of the molecule is Cc1ccc(Cc2ncc(C(C)Cl)c(C)n2)cc1. The van der Waals surface area contributed by atoms with E-state index in [0.717, 1.165) is 23.5 Å². The molecule has 2 nitrogen and oxygen atoms in total. The van der Waals surface area contributed by atoms with Gasteiger partial charge in [-0.25, -0.2) is 9.97 Å². The first-order valence-corrected chi connectivity index (χ1v) is 6.52. The third kappa shape index (κ3) is 3.08. The predicted molar refractivity (Wildman–Crippen MR) is 75.0 cm³/mol. The molecule has 2 rings (SSSR count). The van der Waals surface area contributed by atoms with Gasteiger partial charge in [0.05, 0.1) is 5.38 Å². The predicted octanol–water partition coefficient (Wildman–Crippen LogP) is 3.98. The summed E-state index contributed by atoms with van der Waals surface area (Å²) in [5.74, 6) is 0.845. The van der Waals surface area contributed by atoms with Crippen molar-refractivity contribution in [3.63, 3.8) is 0 Å². The molecular weight excluding hydrogens is 244 g/mol. The molecule has 0 radical (unpaired) electrons. The summed E-state index contributed by atoms with van der Waals surface area (Å²) in [7, 11) is 0. The second kappa shape index (κ2) is 5.49. The van der Waals surface area contributed by atoms with Gasteiger partial charge < -0.3 is 0 Å². The van der Waals surface area contributed by atoms with Crippen molar-refractivity contribution in [3.05, 3.63) is 58.7 Å². The Morgan fingerprint density at radius 2 is 1.83 bits per heavy atom. The maximum Gasteiger partial charge on any atom is 0.132 e. The van der Waals surface area contributed by atoms with Gasteiger partial charge in [0.2, 0.25) is 0 Å². The van der Waals surface area contributed by atoms with E-state index in [1.807, 2.05) is 20.0 Å². The van der Waals surface area contributed by atoms with Gasteiger partial charge in [0.1, 0.15) is 5.82 Å². The van der Waals surface area contributed by atoms with Crippen LogP contribution >= 0.6 is 11.6 Å². The highest BCUT2D eigenvalue weighted by Gasteiger charge is 2.08. The molecule has 0 aliphatic carbocycles. The molecule has 1 aromatic heterocycles. The van der Waals surface area contributed by atoms with Gasteiger partial charge in [-0.15, -0.1) is 11.6 Å². The Labute approximate surface area is 113 Å². The van der Waals surface area contributed by atoms with Crippen molar-refractivity contribution >= 4 is 11.6 Å². The van der Waals surface area contributed by atoms with Crippen LogP contribution in [0.3, 0.4) is 0 Å². The molecule has 0 saturated carbocycles. The van der Waals surface area contributed by atoms with Gasteiger partial charge in [-0.3, -0.25) is 0 Å². The zero-order valence-corrected chi connectivity index (χ0v) is 11.7. The van der Waals surface area contributed by atoms with E-state index in [4.69, 9.17) is 11.6 Å². The van der Waals surface area contributed by atoms with Gasteiger partial charge in [-0.05, 0) is 26.3 Å². The molecule has 0 aliphatic rings. The van der Waals surface area contributed by atoms with Gasteiger partial charge in [-0.1, -0.05) is 29.8 Å². The summed E-state index contributed by atoms with van der Waals surface area (Å²) in [6.45, 7) is 6.00. The number of alkyl halides is 1. The number of rotatable bonds is 3. The molecule has 18 heavy (non-hydrogen) atoms. The van der Waals surface area contributed by atoms with E-state index < -0.39 is 0 Å². The summed E-state index contributed by atoms with van der Waals surface area (Å²) < 4.78 is 0. The number of aryl methyl sites for hydroxylation is 2. The maximum atomic E-state index is 6.06. The van der Waals surface area contributed by atoms with Gasteiger partial charge in [-0.2, -0.15) is 0 Å². The molecule has 0 fully saturated rings. The molecular formula is C15H17ClN2. The van der Waals surface area contributed by atoms with E-state index in [2.05, 4.69) is 41.2 Å². The number of hydrogen-bond acceptors (Lipinski definition) is 2. The Balaban J connectivity index is 2.20. The first kappa shape index (κ1) is 13.0. The van der Waals surface area contributed by atoms with Gasteiger partial charge in [0.25, 0.3) is 0 Å². The smallest absolute Gasteiger partial charge is 0.132 e. The zero-order valence-electron chi connectivity index (χ0n) is 10.9. The number of nitrogens with zero attached hydrogens (tertiary/aromatic N) is 2. The normalized spacial score (nSPS) is 12.4. The standard InChI is InChI=1S/C15H17ClN2/c1-10-4-6-13(7-5-10)8-15-17-9-14(11(2)16)12(3)18-15/h4-7,9,11H,8H2,1-3H3. The lowest BCUT2D eigenvalue weighted by Gasteiger charge is -2.08. The van der Waals surface area contributed by atoms with E-state index in [-0.39, 0.29) is 5.38 Å². The quantitative estimate of drug-likeness (QED) is 0.780. The second-order valence-electron chi connectivity index (χ2n) is 4.61. The lowest BCUT2D eigenvalue weighted by atomic mass is 10.1. The van der Waals surface area contributed by atoms with Gasteiger partial charge >= 0.3 is 0 Å². The summed E-state index contributed by atoms with van der Waals surface area (Å²) in [6, 6.07) is 8.45. The molecule has 1 atom stereocenters. The Bertz CT molecular complexity index is 533.